The molecular weight excluding hydrogens is 194 g/mol. The number of hydrogen-bond donors (Lipinski definition) is 3. The lowest BCUT2D eigenvalue weighted by Gasteiger charge is -2.34. The van der Waals surface area contributed by atoms with Crippen molar-refractivity contribution < 1.29 is 9.90 Å². The summed E-state index contributed by atoms with van der Waals surface area (Å²) < 4.78 is 0. The number of nitrogens with two attached hydrogens (primary N) is 1. The van der Waals surface area contributed by atoms with Crippen LogP contribution in [0, 0.1) is 0 Å². The van der Waals surface area contributed by atoms with Crippen molar-refractivity contribution in [2.75, 3.05) is 0 Å². The second-order valence-corrected chi connectivity index (χ2v) is 4.19. The van der Waals surface area contributed by atoms with E-state index in [1.807, 2.05) is 0 Å². The van der Waals surface area contributed by atoms with Gasteiger partial charge in [0.2, 0.25) is 0 Å². The molecule has 0 spiro atoms. The van der Waals surface area contributed by atoms with Crippen molar-refractivity contribution in [2.24, 2.45) is 5.73 Å². The highest BCUT2D eigenvalue weighted by molar-refractivity contribution is 5.80. The predicted octanol–water partition coefficient (Wildman–Crippen LogP) is 0.633. The van der Waals surface area contributed by atoms with Gasteiger partial charge in [0.25, 0.3) is 0 Å². The number of carbonyl (C=O) groups is 1. The predicted molar refractivity (Wildman–Crippen MR) is 54.3 cm³/mol. The Kier molecular flexibility index (Phi) is 2.48. The van der Waals surface area contributed by atoms with Gasteiger partial charge in [-0.1, -0.05) is 0 Å². The minimum atomic E-state index is -0.799. The number of aromatic nitrogens is 2. The van der Waals surface area contributed by atoms with E-state index in [0.717, 1.165) is 12.8 Å². The minimum absolute atomic E-state index is 0.139. The molecule has 1 fully saturated rings. The molecule has 2 rings (SSSR count). The van der Waals surface area contributed by atoms with Crippen molar-refractivity contribution in [3.05, 3.63) is 18.2 Å². The molecule has 5 heteroatoms. The van der Waals surface area contributed by atoms with Gasteiger partial charge in [-0.05, 0) is 25.7 Å². The number of hydrogen-bond acceptors (Lipinski definition) is 3. The van der Waals surface area contributed by atoms with Crippen molar-refractivity contribution in [3.63, 3.8) is 0 Å². The van der Waals surface area contributed by atoms with Gasteiger partial charge in [-0.15, -0.1) is 0 Å². The summed E-state index contributed by atoms with van der Waals surface area (Å²) in [5.41, 5.74) is 5.69. The van der Waals surface area contributed by atoms with Crippen LogP contribution >= 0.6 is 0 Å². The molecule has 0 aliphatic heterocycles. The minimum Gasteiger partial charge on any atom is -0.481 e. The largest absolute Gasteiger partial charge is 0.481 e. The molecular formula is C10H15N3O2. The molecule has 1 aliphatic rings. The molecule has 1 heterocycles. The zero-order valence-electron chi connectivity index (χ0n) is 8.44. The first kappa shape index (κ1) is 10.2. The van der Waals surface area contributed by atoms with Crippen molar-refractivity contribution in [2.45, 2.75) is 37.1 Å². The number of carboxylic acids is 1. The quantitative estimate of drug-likeness (QED) is 0.666. The summed E-state index contributed by atoms with van der Waals surface area (Å²) in [5.74, 6) is -0.779. The fourth-order valence-electron chi connectivity index (χ4n) is 2.25. The van der Waals surface area contributed by atoms with Crippen LogP contribution in [-0.4, -0.2) is 27.1 Å². The molecule has 0 aromatic carbocycles. The zero-order valence-corrected chi connectivity index (χ0v) is 8.44. The summed E-state index contributed by atoms with van der Waals surface area (Å²) in [7, 11) is 0. The molecule has 0 bridgehead atoms. The van der Waals surface area contributed by atoms with Crippen molar-refractivity contribution >= 4 is 5.97 Å². The Bertz CT molecular complexity index is 340. The SMILES string of the molecule is NC1CCC(C(=O)O)(c2cnc[nH]2)CC1. The molecule has 1 aliphatic carbocycles. The Morgan fingerprint density at radius 3 is 2.73 bits per heavy atom. The van der Waals surface area contributed by atoms with Gasteiger partial charge in [-0.2, -0.15) is 0 Å². The summed E-state index contributed by atoms with van der Waals surface area (Å²) in [6.45, 7) is 0. The van der Waals surface area contributed by atoms with E-state index in [9.17, 15) is 9.90 Å². The van der Waals surface area contributed by atoms with Gasteiger partial charge >= 0.3 is 5.97 Å². The molecule has 15 heavy (non-hydrogen) atoms. The number of aliphatic carboxylic acids is 1. The maximum absolute atomic E-state index is 11.4. The van der Waals surface area contributed by atoms with Crippen LogP contribution in [0.15, 0.2) is 12.5 Å². The van der Waals surface area contributed by atoms with Crippen LogP contribution in [-0.2, 0) is 10.2 Å². The van der Waals surface area contributed by atoms with Gasteiger partial charge in [0.05, 0.1) is 12.0 Å². The standard InChI is InChI=1S/C10H15N3O2/c11-7-1-3-10(4-2-7,9(14)15)8-5-12-6-13-8/h5-7H,1-4,11H2,(H,12,13)(H,14,15). The smallest absolute Gasteiger partial charge is 0.315 e. The highest BCUT2D eigenvalue weighted by Crippen LogP contribution is 2.38. The number of rotatable bonds is 2. The van der Waals surface area contributed by atoms with E-state index in [4.69, 9.17) is 5.73 Å². The molecule has 0 radical (unpaired) electrons. The van der Waals surface area contributed by atoms with Gasteiger partial charge in [-0.3, -0.25) is 4.79 Å². The highest BCUT2D eigenvalue weighted by atomic mass is 16.4. The van der Waals surface area contributed by atoms with Crippen molar-refractivity contribution in [1.82, 2.24) is 9.97 Å². The first-order chi connectivity index (χ1) is 7.15. The topological polar surface area (TPSA) is 92.0 Å². The molecule has 1 aromatic rings. The average molecular weight is 209 g/mol. The van der Waals surface area contributed by atoms with E-state index in [1.54, 1.807) is 6.20 Å². The first-order valence-electron chi connectivity index (χ1n) is 5.13. The van der Waals surface area contributed by atoms with E-state index < -0.39 is 11.4 Å². The van der Waals surface area contributed by atoms with Crippen molar-refractivity contribution in [1.29, 1.82) is 0 Å². The van der Waals surface area contributed by atoms with E-state index in [-0.39, 0.29) is 6.04 Å². The van der Waals surface area contributed by atoms with Crippen LogP contribution in [0.4, 0.5) is 0 Å². The van der Waals surface area contributed by atoms with Gasteiger partial charge < -0.3 is 15.8 Å². The number of nitrogens with zero attached hydrogens (tertiary/aromatic N) is 1. The number of aromatic amines is 1. The average Bonchev–Trinajstić information content (AvgIpc) is 2.72. The number of H-pyrrole nitrogens is 1. The van der Waals surface area contributed by atoms with Gasteiger partial charge in [-0.25, -0.2) is 4.98 Å². The molecule has 0 atom stereocenters. The Morgan fingerprint density at radius 1 is 1.60 bits per heavy atom. The number of carboxylic acid groups (broad SMARTS) is 1. The lowest BCUT2D eigenvalue weighted by atomic mass is 9.71. The van der Waals surface area contributed by atoms with Gasteiger partial charge in [0.15, 0.2) is 0 Å². The van der Waals surface area contributed by atoms with Crippen LogP contribution in [0.5, 0.6) is 0 Å². The highest BCUT2D eigenvalue weighted by Gasteiger charge is 2.43. The Morgan fingerprint density at radius 2 is 2.27 bits per heavy atom. The summed E-state index contributed by atoms with van der Waals surface area (Å²) >= 11 is 0. The van der Waals surface area contributed by atoms with Gasteiger partial charge in [0.1, 0.15) is 5.41 Å². The molecule has 0 amide bonds. The summed E-state index contributed by atoms with van der Waals surface area (Å²) in [6.07, 6.45) is 5.81. The summed E-state index contributed by atoms with van der Waals surface area (Å²) in [5, 5.41) is 9.36. The normalized spacial score (nSPS) is 31.4. The van der Waals surface area contributed by atoms with Crippen molar-refractivity contribution in [3.8, 4) is 0 Å². The second-order valence-electron chi connectivity index (χ2n) is 4.19. The zero-order chi connectivity index (χ0) is 10.9. The molecule has 4 N–H and O–H groups in total. The Hall–Kier alpha value is -1.36. The third kappa shape index (κ3) is 1.63. The van der Waals surface area contributed by atoms with Crippen LogP contribution in [0.2, 0.25) is 0 Å². The second kappa shape index (κ2) is 3.66. The maximum Gasteiger partial charge on any atom is 0.315 e. The summed E-state index contributed by atoms with van der Waals surface area (Å²) in [6, 6.07) is 0.139. The van der Waals surface area contributed by atoms with Crippen LogP contribution < -0.4 is 5.73 Å². The van der Waals surface area contributed by atoms with E-state index in [1.165, 1.54) is 6.33 Å². The molecule has 82 valence electrons. The molecule has 0 unspecified atom stereocenters. The van der Waals surface area contributed by atoms with E-state index in [0.29, 0.717) is 18.5 Å². The Labute approximate surface area is 87.7 Å². The van der Waals surface area contributed by atoms with E-state index in [2.05, 4.69) is 9.97 Å². The molecule has 1 saturated carbocycles. The fraction of sp³-hybridized carbons (Fsp3) is 0.600. The third-order valence-corrected chi connectivity index (χ3v) is 3.31. The monoisotopic (exact) mass is 209 g/mol. The number of imidazole rings is 1. The molecule has 5 nitrogen and oxygen atoms in total. The molecule has 0 saturated heterocycles. The Balaban J connectivity index is 2.30. The van der Waals surface area contributed by atoms with Crippen LogP contribution in [0.3, 0.4) is 0 Å². The van der Waals surface area contributed by atoms with Crippen LogP contribution in [0.25, 0.3) is 0 Å². The number of nitrogens with one attached hydrogen (secondary N) is 1. The first-order valence-corrected chi connectivity index (χ1v) is 5.13. The molecule has 1 aromatic heterocycles. The maximum atomic E-state index is 11.4. The summed E-state index contributed by atoms with van der Waals surface area (Å²) in [4.78, 5) is 18.2. The lowest BCUT2D eigenvalue weighted by Crippen LogP contribution is -2.43. The van der Waals surface area contributed by atoms with Gasteiger partial charge in [0, 0.05) is 12.2 Å². The van der Waals surface area contributed by atoms with Crippen LogP contribution in [0.1, 0.15) is 31.4 Å². The fourth-order valence-corrected chi connectivity index (χ4v) is 2.25. The third-order valence-electron chi connectivity index (χ3n) is 3.31. The lowest BCUT2D eigenvalue weighted by molar-refractivity contribution is -0.145. The van der Waals surface area contributed by atoms with E-state index >= 15 is 0 Å².